The molecule has 0 unspecified atom stereocenters. The van der Waals surface area contributed by atoms with Crippen molar-refractivity contribution in [2.45, 2.75) is 31.1 Å². The number of hydrogen-bond acceptors (Lipinski definition) is 4. The van der Waals surface area contributed by atoms with E-state index in [1.165, 1.54) is 0 Å². The number of halogens is 1. The predicted molar refractivity (Wildman–Crippen MR) is 78.6 cm³/mol. The zero-order chi connectivity index (χ0) is 14.1. The van der Waals surface area contributed by atoms with E-state index in [-0.39, 0.29) is 10.3 Å². The highest BCUT2D eigenvalue weighted by Gasteiger charge is 2.41. The monoisotopic (exact) mass is 347 g/mol. The molecule has 0 aliphatic heterocycles. The second-order valence-corrected chi connectivity index (χ2v) is 7.58. The lowest BCUT2D eigenvalue weighted by Gasteiger charge is -2.15. The van der Waals surface area contributed by atoms with Crippen LogP contribution in [-0.2, 0) is 10.0 Å². The summed E-state index contributed by atoms with van der Waals surface area (Å²) in [4.78, 5) is 4.24. The lowest BCUT2D eigenvalue weighted by molar-refractivity contribution is 0.475. The van der Waals surface area contributed by atoms with Crippen LogP contribution in [0.3, 0.4) is 0 Å². The molecular weight excluding hydrogens is 330 g/mol. The Morgan fingerprint density at radius 3 is 2.68 bits per heavy atom. The van der Waals surface area contributed by atoms with Gasteiger partial charge in [-0.3, -0.25) is 0 Å². The third-order valence-corrected chi connectivity index (χ3v) is 5.54. The highest BCUT2D eigenvalue weighted by Crippen LogP contribution is 2.48. The summed E-state index contributed by atoms with van der Waals surface area (Å²) >= 11 is 3.25. The van der Waals surface area contributed by atoms with E-state index in [2.05, 4.69) is 37.9 Å². The highest BCUT2D eigenvalue weighted by atomic mass is 79.9. The molecule has 1 fully saturated rings. The summed E-state index contributed by atoms with van der Waals surface area (Å²) in [7, 11) is -1.88. The number of pyridine rings is 1. The summed E-state index contributed by atoms with van der Waals surface area (Å²) in [6.45, 7) is 2.60. The van der Waals surface area contributed by atoms with E-state index in [4.69, 9.17) is 0 Å². The van der Waals surface area contributed by atoms with Crippen molar-refractivity contribution in [3.8, 4) is 0 Å². The molecule has 2 N–H and O–H groups in total. The van der Waals surface area contributed by atoms with Crippen molar-refractivity contribution < 1.29 is 8.42 Å². The van der Waals surface area contributed by atoms with Gasteiger partial charge in [0.2, 0.25) is 10.0 Å². The Morgan fingerprint density at radius 1 is 1.47 bits per heavy atom. The number of anilines is 1. The van der Waals surface area contributed by atoms with Crippen molar-refractivity contribution in [3.05, 3.63) is 16.7 Å². The molecule has 0 atom stereocenters. The Labute approximate surface area is 122 Å². The SMILES string of the molecule is CCC1(CNS(=O)(=O)c2cc(Br)cnc2NC)CC1. The van der Waals surface area contributed by atoms with E-state index in [0.29, 0.717) is 16.8 Å². The van der Waals surface area contributed by atoms with Crippen LogP contribution in [0.15, 0.2) is 21.6 Å². The molecule has 1 aliphatic rings. The van der Waals surface area contributed by atoms with E-state index < -0.39 is 10.0 Å². The van der Waals surface area contributed by atoms with Gasteiger partial charge in [0.1, 0.15) is 10.7 Å². The minimum Gasteiger partial charge on any atom is -0.372 e. The van der Waals surface area contributed by atoms with Crippen LogP contribution in [0.4, 0.5) is 5.82 Å². The first-order chi connectivity index (χ1) is 8.92. The summed E-state index contributed by atoms with van der Waals surface area (Å²) in [6, 6.07) is 1.56. The molecule has 5 nitrogen and oxygen atoms in total. The van der Waals surface area contributed by atoms with Gasteiger partial charge in [-0.1, -0.05) is 6.92 Å². The maximum absolute atomic E-state index is 12.3. The molecule has 1 aromatic heterocycles. The Kier molecular flexibility index (Phi) is 4.17. The average Bonchev–Trinajstić information content (AvgIpc) is 3.17. The first-order valence-electron chi connectivity index (χ1n) is 6.25. The lowest BCUT2D eigenvalue weighted by Crippen LogP contribution is -2.30. The molecule has 106 valence electrons. The van der Waals surface area contributed by atoms with Crippen molar-refractivity contribution in [2.75, 3.05) is 18.9 Å². The molecular formula is C12H18BrN3O2S. The summed E-state index contributed by atoms with van der Waals surface area (Å²) in [5.74, 6) is 0.358. The van der Waals surface area contributed by atoms with Gasteiger partial charge in [-0.2, -0.15) is 0 Å². The second kappa shape index (κ2) is 5.38. The number of sulfonamides is 1. The normalized spacial score (nSPS) is 17.2. The van der Waals surface area contributed by atoms with Gasteiger partial charge in [-0.25, -0.2) is 18.1 Å². The van der Waals surface area contributed by atoms with Crippen molar-refractivity contribution in [3.63, 3.8) is 0 Å². The van der Waals surface area contributed by atoms with Crippen LogP contribution in [0.5, 0.6) is 0 Å². The molecule has 19 heavy (non-hydrogen) atoms. The van der Waals surface area contributed by atoms with Crippen LogP contribution >= 0.6 is 15.9 Å². The topological polar surface area (TPSA) is 71.1 Å². The molecule has 0 saturated heterocycles. The van der Waals surface area contributed by atoms with Crippen molar-refractivity contribution in [2.24, 2.45) is 5.41 Å². The van der Waals surface area contributed by atoms with Gasteiger partial charge >= 0.3 is 0 Å². The predicted octanol–water partition coefficient (Wildman–Crippen LogP) is 2.35. The molecule has 1 heterocycles. The van der Waals surface area contributed by atoms with E-state index >= 15 is 0 Å². The fourth-order valence-electron chi connectivity index (χ4n) is 1.97. The van der Waals surface area contributed by atoms with E-state index in [1.807, 2.05) is 0 Å². The van der Waals surface area contributed by atoms with Gasteiger partial charge in [0, 0.05) is 24.3 Å². The van der Waals surface area contributed by atoms with E-state index in [1.54, 1.807) is 19.3 Å². The van der Waals surface area contributed by atoms with Crippen LogP contribution in [0.2, 0.25) is 0 Å². The summed E-state index contributed by atoms with van der Waals surface area (Å²) in [6.07, 6.45) is 4.77. The third-order valence-electron chi connectivity index (χ3n) is 3.69. The number of nitrogens with zero attached hydrogens (tertiary/aromatic N) is 1. The molecule has 0 amide bonds. The quantitative estimate of drug-likeness (QED) is 0.828. The average molecular weight is 348 g/mol. The van der Waals surface area contributed by atoms with Crippen LogP contribution in [0.25, 0.3) is 0 Å². The van der Waals surface area contributed by atoms with Crippen molar-refractivity contribution in [1.82, 2.24) is 9.71 Å². The molecule has 7 heteroatoms. The Bertz CT molecular complexity index is 570. The van der Waals surface area contributed by atoms with Gasteiger partial charge in [0.25, 0.3) is 0 Å². The van der Waals surface area contributed by atoms with Crippen molar-refractivity contribution >= 4 is 31.8 Å². The van der Waals surface area contributed by atoms with Gasteiger partial charge in [-0.15, -0.1) is 0 Å². The molecule has 1 saturated carbocycles. The third kappa shape index (κ3) is 3.27. The summed E-state index contributed by atoms with van der Waals surface area (Å²) in [5.41, 5.74) is 0.173. The number of nitrogens with one attached hydrogen (secondary N) is 2. The van der Waals surface area contributed by atoms with Crippen LogP contribution in [0, 0.1) is 5.41 Å². The first-order valence-corrected chi connectivity index (χ1v) is 8.53. The van der Waals surface area contributed by atoms with Gasteiger partial charge < -0.3 is 5.32 Å². The molecule has 0 spiro atoms. The molecule has 2 rings (SSSR count). The van der Waals surface area contributed by atoms with Gasteiger partial charge in [-0.05, 0) is 46.7 Å². The maximum Gasteiger partial charge on any atom is 0.244 e. The summed E-state index contributed by atoms with van der Waals surface area (Å²) < 4.78 is 28.0. The molecule has 0 bridgehead atoms. The van der Waals surface area contributed by atoms with Crippen molar-refractivity contribution in [1.29, 1.82) is 0 Å². The zero-order valence-corrected chi connectivity index (χ0v) is 13.4. The van der Waals surface area contributed by atoms with Crippen LogP contribution in [-0.4, -0.2) is 27.0 Å². The number of rotatable bonds is 6. The smallest absolute Gasteiger partial charge is 0.244 e. The van der Waals surface area contributed by atoms with Crippen LogP contribution in [0.1, 0.15) is 26.2 Å². The Morgan fingerprint density at radius 2 is 2.16 bits per heavy atom. The minimum atomic E-state index is -3.53. The molecule has 1 aliphatic carbocycles. The molecule has 0 radical (unpaired) electrons. The molecule has 0 aromatic carbocycles. The largest absolute Gasteiger partial charge is 0.372 e. The summed E-state index contributed by atoms with van der Waals surface area (Å²) in [5, 5.41) is 2.80. The molecule has 1 aromatic rings. The van der Waals surface area contributed by atoms with Gasteiger partial charge in [0.15, 0.2) is 0 Å². The fourth-order valence-corrected chi connectivity index (χ4v) is 3.80. The Balaban J connectivity index is 2.21. The Hall–Kier alpha value is -0.660. The minimum absolute atomic E-state index is 0.173. The van der Waals surface area contributed by atoms with E-state index in [9.17, 15) is 8.42 Å². The zero-order valence-electron chi connectivity index (χ0n) is 11.0. The second-order valence-electron chi connectivity index (χ2n) is 4.93. The number of aromatic nitrogens is 1. The van der Waals surface area contributed by atoms with E-state index in [0.717, 1.165) is 19.3 Å². The standard InChI is InChI=1S/C12H18BrN3O2S/c1-3-12(4-5-12)8-16-19(17,18)10-6-9(13)7-15-11(10)14-2/h6-7,16H,3-5,8H2,1-2H3,(H,14,15). The number of hydrogen-bond donors (Lipinski definition) is 2. The highest BCUT2D eigenvalue weighted by molar-refractivity contribution is 9.10. The lowest BCUT2D eigenvalue weighted by atomic mass is 10.1. The fraction of sp³-hybridized carbons (Fsp3) is 0.583. The maximum atomic E-state index is 12.3. The van der Waals surface area contributed by atoms with Crippen LogP contribution < -0.4 is 10.0 Å². The van der Waals surface area contributed by atoms with Gasteiger partial charge in [0.05, 0.1) is 0 Å². The first kappa shape index (κ1) is 14.7.